The molecule has 0 atom stereocenters. The molecule has 3 rings (SSSR count). The summed E-state index contributed by atoms with van der Waals surface area (Å²) in [7, 11) is 0. The number of hydrogen-bond donors (Lipinski definition) is 1. The van der Waals surface area contributed by atoms with Crippen LogP contribution in [-0.2, 0) is 19.6 Å². The Bertz CT molecular complexity index is 830. The normalized spacial score (nSPS) is 10.4. The van der Waals surface area contributed by atoms with Gasteiger partial charge >= 0.3 is 0 Å². The fraction of sp³-hybridized carbons (Fsp3) is 0.200. The van der Waals surface area contributed by atoms with Gasteiger partial charge in [0.15, 0.2) is 0 Å². The Hall–Kier alpha value is -2.66. The standard InChI is InChI=1S/C20H20N2O2S/c1-2-15-9-6-10-17(11-15)24-13-19-22-18(14-25-19)20(23)21-12-16-7-4-3-5-8-16/h3-11,14H,2,12-13H2,1H3,(H,21,23). The molecular formula is C20H20N2O2S. The van der Waals surface area contributed by atoms with Gasteiger partial charge in [-0.25, -0.2) is 4.98 Å². The van der Waals surface area contributed by atoms with Crippen molar-refractivity contribution in [3.63, 3.8) is 0 Å². The van der Waals surface area contributed by atoms with Crippen LogP contribution in [0.5, 0.6) is 5.75 Å². The third-order valence-corrected chi connectivity index (χ3v) is 4.57. The molecule has 25 heavy (non-hydrogen) atoms. The molecule has 1 heterocycles. The number of ether oxygens (including phenoxy) is 1. The highest BCUT2D eigenvalue weighted by atomic mass is 32.1. The summed E-state index contributed by atoms with van der Waals surface area (Å²) < 4.78 is 5.77. The lowest BCUT2D eigenvalue weighted by molar-refractivity contribution is 0.0946. The molecular weight excluding hydrogens is 332 g/mol. The Balaban J connectivity index is 1.53. The van der Waals surface area contributed by atoms with E-state index in [4.69, 9.17) is 4.74 Å². The summed E-state index contributed by atoms with van der Waals surface area (Å²) in [6, 6.07) is 17.8. The van der Waals surface area contributed by atoms with E-state index in [-0.39, 0.29) is 5.91 Å². The molecule has 4 nitrogen and oxygen atoms in total. The Morgan fingerprint density at radius 1 is 1.12 bits per heavy atom. The summed E-state index contributed by atoms with van der Waals surface area (Å²) in [4.78, 5) is 16.5. The van der Waals surface area contributed by atoms with Crippen molar-refractivity contribution in [1.82, 2.24) is 10.3 Å². The van der Waals surface area contributed by atoms with Crippen molar-refractivity contribution in [3.8, 4) is 5.75 Å². The van der Waals surface area contributed by atoms with Crippen LogP contribution < -0.4 is 10.1 Å². The van der Waals surface area contributed by atoms with Crippen molar-refractivity contribution in [2.45, 2.75) is 26.5 Å². The summed E-state index contributed by atoms with van der Waals surface area (Å²) >= 11 is 1.43. The van der Waals surface area contributed by atoms with Gasteiger partial charge in [0.25, 0.3) is 5.91 Å². The fourth-order valence-electron chi connectivity index (χ4n) is 2.35. The van der Waals surface area contributed by atoms with E-state index in [0.717, 1.165) is 22.7 Å². The maximum Gasteiger partial charge on any atom is 0.271 e. The van der Waals surface area contributed by atoms with Crippen LogP contribution in [0.1, 0.15) is 33.5 Å². The molecule has 5 heteroatoms. The fourth-order valence-corrected chi connectivity index (χ4v) is 3.04. The van der Waals surface area contributed by atoms with Gasteiger partial charge in [-0.15, -0.1) is 11.3 Å². The maximum atomic E-state index is 12.2. The lowest BCUT2D eigenvalue weighted by Gasteiger charge is -2.05. The average molecular weight is 352 g/mol. The second-order valence-corrected chi connectivity index (χ2v) is 6.53. The van der Waals surface area contributed by atoms with Gasteiger partial charge in [-0.2, -0.15) is 0 Å². The van der Waals surface area contributed by atoms with Crippen LogP contribution in [0.2, 0.25) is 0 Å². The zero-order valence-electron chi connectivity index (χ0n) is 14.1. The van der Waals surface area contributed by atoms with E-state index in [2.05, 4.69) is 23.3 Å². The molecule has 0 saturated heterocycles. The largest absolute Gasteiger partial charge is 0.486 e. The van der Waals surface area contributed by atoms with Gasteiger partial charge in [-0.1, -0.05) is 49.4 Å². The monoisotopic (exact) mass is 352 g/mol. The van der Waals surface area contributed by atoms with Crippen LogP contribution in [0.3, 0.4) is 0 Å². The molecule has 0 spiro atoms. The number of carbonyl (C=O) groups is 1. The third-order valence-electron chi connectivity index (χ3n) is 3.75. The third kappa shape index (κ3) is 4.90. The van der Waals surface area contributed by atoms with Crippen molar-refractivity contribution in [3.05, 3.63) is 81.8 Å². The molecule has 0 saturated carbocycles. The minimum absolute atomic E-state index is 0.167. The lowest BCUT2D eigenvalue weighted by Crippen LogP contribution is -2.23. The zero-order chi connectivity index (χ0) is 17.5. The molecule has 3 aromatic rings. The summed E-state index contributed by atoms with van der Waals surface area (Å²) in [6.07, 6.45) is 0.972. The van der Waals surface area contributed by atoms with E-state index in [0.29, 0.717) is 18.8 Å². The Kier molecular flexibility index (Phi) is 5.80. The van der Waals surface area contributed by atoms with Gasteiger partial charge in [0.2, 0.25) is 0 Å². The van der Waals surface area contributed by atoms with Crippen LogP contribution >= 0.6 is 11.3 Å². The van der Waals surface area contributed by atoms with Crippen molar-refractivity contribution in [2.24, 2.45) is 0 Å². The molecule has 1 aromatic heterocycles. The Labute approximate surface area is 151 Å². The predicted octanol–water partition coefficient (Wildman–Crippen LogP) is 4.21. The van der Waals surface area contributed by atoms with Crippen molar-refractivity contribution < 1.29 is 9.53 Å². The molecule has 0 bridgehead atoms. The smallest absolute Gasteiger partial charge is 0.271 e. The van der Waals surface area contributed by atoms with Crippen LogP contribution in [0.15, 0.2) is 60.0 Å². The van der Waals surface area contributed by atoms with Gasteiger partial charge in [0.1, 0.15) is 23.1 Å². The molecule has 2 aromatic carbocycles. The van der Waals surface area contributed by atoms with Gasteiger partial charge in [-0.3, -0.25) is 4.79 Å². The molecule has 1 amide bonds. The first kappa shape index (κ1) is 17.2. The van der Waals surface area contributed by atoms with Gasteiger partial charge in [0, 0.05) is 11.9 Å². The average Bonchev–Trinajstić information content (AvgIpc) is 3.14. The number of nitrogens with one attached hydrogen (secondary N) is 1. The molecule has 0 unspecified atom stereocenters. The first-order chi connectivity index (χ1) is 12.2. The van der Waals surface area contributed by atoms with Crippen LogP contribution in [-0.4, -0.2) is 10.9 Å². The molecule has 128 valence electrons. The van der Waals surface area contributed by atoms with E-state index >= 15 is 0 Å². The second-order valence-electron chi connectivity index (χ2n) is 5.58. The van der Waals surface area contributed by atoms with E-state index in [9.17, 15) is 4.79 Å². The molecule has 0 fully saturated rings. The number of aryl methyl sites for hydroxylation is 1. The summed E-state index contributed by atoms with van der Waals surface area (Å²) in [5.41, 5.74) is 2.73. The summed E-state index contributed by atoms with van der Waals surface area (Å²) in [6.45, 7) is 2.97. The van der Waals surface area contributed by atoms with Gasteiger partial charge < -0.3 is 10.1 Å². The zero-order valence-corrected chi connectivity index (χ0v) is 14.9. The number of nitrogens with zero attached hydrogens (tertiary/aromatic N) is 1. The topological polar surface area (TPSA) is 51.2 Å². The van der Waals surface area contributed by atoms with Gasteiger partial charge in [0.05, 0.1) is 0 Å². The van der Waals surface area contributed by atoms with Gasteiger partial charge in [-0.05, 0) is 29.7 Å². The quantitative estimate of drug-likeness (QED) is 0.693. The molecule has 1 N–H and O–H groups in total. The molecule has 0 aliphatic carbocycles. The van der Waals surface area contributed by atoms with Crippen molar-refractivity contribution in [1.29, 1.82) is 0 Å². The summed E-state index contributed by atoms with van der Waals surface area (Å²) in [5, 5.41) is 5.43. The number of thiazole rings is 1. The highest BCUT2D eigenvalue weighted by Gasteiger charge is 2.11. The number of aromatic nitrogens is 1. The van der Waals surface area contributed by atoms with E-state index in [1.165, 1.54) is 16.9 Å². The molecule has 0 radical (unpaired) electrons. The SMILES string of the molecule is CCc1cccc(OCc2nc(C(=O)NCc3ccccc3)cs2)c1. The van der Waals surface area contributed by atoms with E-state index in [1.54, 1.807) is 5.38 Å². The molecule has 0 aliphatic heterocycles. The number of hydrogen-bond acceptors (Lipinski definition) is 4. The van der Waals surface area contributed by atoms with E-state index < -0.39 is 0 Å². The van der Waals surface area contributed by atoms with Crippen LogP contribution in [0, 0.1) is 0 Å². The minimum atomic E-state index is -0.167. The highest BCUT2D eigenvalue weighted by molar-refractivity contribution is 7.09. The van der Waals surface area contributed by atoms with Crippen molar-refractivity contribution >= 4 is 17.2 Å². The predicted molar refractivity (Wildman–Crippen MR) is 99.9 cm³/mol. The Morgan fingerprint density at radius 3 is 2.72 bits per heavy atom. The number of carbonyl (C=O) groups excluding carboxylic acids is 1. The molecule has 0 aliphatic rings. The van der Waals surface area contributed by atoms with Crippen molar-refractivity contribution in [2.75, 3.05) is 0 Å². The van der Waals surface area contributed by atoms with Crippen LogP contribution in [0.4, 0.5) is 0 Å². The maximum absolute atomic E-state index is 12.2. The highest BCUT2D eigenvalue weighted by Crippen LogP contribution is 2.17. The number of amides is 1. The summed E-state index contributed by atoms with van der Waals surface area (Å²) in [5.74, 6) is 0.656. The minimum Gasteiger partial charge on any atom is -0.486 e. The second kappa shape index (κ2) is 8.44. The Morgan fingerprint density at radius 2 is 1.92 bits per heavy atom. The first-order valence-electron chi connectivity index (χ1n) is 8.23. The first-order valence-corrected chi connectivity index (χ1v) is 9.11. The number of benzene rings is 2. The van der Waals surface area contributed by atoms with Crippen LogP contribution in [0.25, 0.3) is 0 Å². The lowest BCUT2D eigenvalue weighted by atomic mass is 10.2. The number of rotatable bonds is 7. The van der Waals surface area contributed by atoms with E-state index in [1.807, 2.05) is 48.5 Å².